The van der Waals surface area contributed by atoms with Crippen molar-refractivity contribution in [2.75, 3.05) is 7.11 Å². The van der Waals surface area contributed by atoms with Crippen LogP contribution >= 0.6 is 0 Å². The third kappa shape index (κ3) is 2.72. The van der Waals surface area contributed by atoms with Crippen LogP contribution in [0.25, 0.3) is 0 Å². The van der Waals surface area contributed by atoms with E-state index >= 15 is 0 Å². The summed E-state index contributed by atoms with van der Waals surface area (Å²) in [6.45, 7) is 15.5. The van der Waals surface area contributed by atoms with Gasteiger partial charge in [0.05, 0.1) is 11.2 Å². The summed E-state index contributed by atoms with van der Waals surface area (Å²) in [4.78, 5) is 0. The first-order valence-corrected chi connectivity index (χ1v) is 10.9. The van der Waals surface area contributed by atoms with Gasteiger partial charge in [-0.15, -0.1) is 0 Å². The van der Waals surface area contributed by atoms with Crippen molar-refractivity contribution in [2.45, 2.75) is 89.2 Å². The van der Waals surface area contributed by atoms with Crippen LogP contribution in [-0.2, 0) is 13.9 Å². The molecule has 21 heavy (non-hydrogen) atoms. The van der Waals surface area contributed by atoms with E-state index in [1.807, 2.05) is 0 Å². The van der Waals surface area contributed by atoms with E-state index in [2.05, 4.69) is 47.7 Å². The average Bonchev–Trinajstić information content (AvgIpc) is 2.71. The van der Waals surface area contributed by atoms with Gasteiger partial charge in [0, 0.05) is 13.5 Å². The summed E-state index contributed by atoms with van der Waals surface area (Å²) in [5.41, 5.74) is -1.28. The van der Waals surface area contributed by atoms with Crippen molar-refractivity contribution in [1.82, 2.24) is 0 Å². The van der Waals surface area contributed by atoms with E-state index in [1.54, 1.807) is 7.11 Å². The van der Waals surface area contributed by atoms with Crippen LogP contribution in [0.1, 0.15) is 47.5 Å². The number of hydrogen-bond donors (Lipinski definition) is 1. The van der Waals surface area contributed by atoms with Crippen molar-refractivity contribution >= 4 is 8.32 Å². The first kappa shape index (κ1) is 17.4. The first-order valence-electron chi connectivity index (χ1n) is 7.96. The quantitative estimate of drug-likeness (QED) is 0.812. The first-order chi connectivity index (χ1) is 9.36. The van der Waals surface area contributed by atoms with Crippen molar-refractivity contribution < 1.29 is 19.0 Å². The van der Waals surface area contributed by atoms with E-state index in [4.69, 9.17) is 13.9 Å². The molecule has 0 aromatic rings. The molecule has 5 heteroatoms. The third-order valence-corrected chi connectivity index (χ3v) is 10.6. The monoisotopic (exact) mass is 316 g/mol. The normalized spacial score (nSPS) is 44.1. The molecule has 0 bridgehead atoms. The van der Waals surface area contributed by atoms with E-state index in [-0.39, 0.29) is 23.4 Å². The van der Waals surface area contributed by atoms with Crippen LogP contribution in [0.15, 0.2) is 0 Å². The molecular formula is C16H32O4Si. The number of rotatable bonds is 3. The highest BCUT2D eigenvalue weighted by molar-refractivity contribution is 6.74. The fourth-order valence-electron chi connectivity index (χ4n) is 3.57. The van der Waals surface area contributed by atoms with Crippen molar-refractivity contribution in [3.63, 3.8) is 0 Å². The van der Waals surface area contributed by atoms with Gasteiger partial charge in [-0.05, 0) is 37.4 Å². The maximum atomic E-state index is 11.0. The van der Waals surface area contributed by atoms with Crippen LogP contribution in [-0.4, -0.2) is 44.1 Å². The minimum absolute atomic E-state index is 0.135. The SMILES string of the molecule is CO[C@H]1C[C@@]2(O)CC(C)C(C)(O[Si](C)(C)C(C)(C)C)[C@H]2O1. The van der Waals surface area contributed by atoms with E-state index in [1.165, 1.54) is 0 Å². The molecule has 4 nitrogen and oxygen atoms in total. The van der Waals surface area contributed by atoms with Crippen molar-refractivity contribution in [3.05, 3.63) is 0 Å². The van der Waals surface area contributed by atoms with Gasteiger partial charge in [-0.3, -0.25) is 0 Å². The molecule has 2 rings (SSSR count). The minimum atomic E-state index is -1.94. The fourth-order valence-corrected chi connectivity index (χ4v) is 5.28. The molecule has 0 aromatic heterocycles. The Kier molecular flexibility index (Phi) is 4.17. The van der Waals surface area contributed by atoms with Gasteiger partial charge < -0.3 is 19.0 Å². The Hall–Kier alpha value is 0.0569. The topological polar surface area (TPSA) is 47.9 Å². The summed E-state index contributed by atoms with van der Waals surface area (Å²) in [6.07, 6.45) is 0.617. The highest BCUT2D eigenvalue weighted by Crippen LogP contribution is 2.55. The number of hydrogen-bond acceptors (Lipinski definition) is 4. The summed E-state index contributed by atoms with van der Waals surface area (Å²) in [5, 5.41) is 11.1. The van der Waals surface area contributed by atoms with Gasteiger partial charge in [-0.2, -0.15) is 0 Å². The van der Waals surface area contributed by atoms with Crippen LogP contribution < -0.4 is 0 Å². The largest absolute Gasteiger partial charge is 0.409 e. The van der Waals surface area contributed by atoms with E-state index < -0.39 is 19.5 Å². The predicted molar refractivity (Wildman–Crippen MR) is 85.7 cm³/mol. The Balaban J connectivity index is 2.29. The number of ether oxygens (including phenoxy) is 2. The van der Waals surface area contributed by atoms with Crippen molar-refractivity contribution in [1.29, 1.82) is 0 Å². The van der Waals surface area contributed by atoms with Gasteiger partial charge in [0.25, 0.3) is 0 Å². The Morgan fingerprint density at radius 2 is 1.81 bits per heavy atom. The van der Waals surface area contributed by atoms with Crippen molar-refractivity contribution in [2.24, 2.45) is 5.92 Å². The van der Waals surface area contributed by atoms with Gasteiger partial charge in [-0.25, -0.2) is 0 Å². The minimum Gasteiger partial charge on any atom is -0.409 e. The third-order valence-electron chi connectivity index (χ3n) is 6.00. The molecule has 124 valence electrons. The lowest BCUT2D eigenvalue weighted by molar-refractivity contribution is -0.170. The number of fused-ring (bicyclic) bond motifs is 1. The summed E-state index contributed by atoms with van der Waals surface area (Å²) < 4.78 is 18.1. The van der Waals surface area contributed by atoms with E-state index in [0.717, 1.165) is 0 Å². The van der Waals surface area contributed by atoms with Gasteiger partial charge in [0.1, 0.15) is 6.10 Å². The average molecular weight is 317 g/mol. The zero-order chi connectivity index (χ0) is 16.3. The lowest BCUT2D eigenvalue weighted by Gasteiger charge is -2.46. The highest BCUT2D eigenvalue weighted by Gasteiger charge is 2.66. The van der Waals surface area contributed by atoms with Crippen LogP contribution in [0, 0.1) is 5.92 Å². The summed E-state index contributed by atoms with van der Waals surface area (Å²) in [7, 11) is -0.312. The van der Waals surface area contributed by atoms with E-state index in [0.29, 0.717) is 12.8 Å². The standard InChI is InChI=1S/C16H32O4Si/c1-11-9-16(17)10-12(18-6)19-13(16)15(11,5)20-21(7,8)14(2,3)4/h11-13,17H,9-10H2,1-8H3/t11?,12-,13-,15?,16+/m1/s1. The van der Waals surface area contributed by atoms with Crippen LogP contribution in [0.4, 0.5) is 0 Å². The summed E-state index contributed by atoms with van der Waals surface area (Å²) in [5.74, 6) is 0.263. The van der Waals surface area contributed by atoms with Gasteiger partial charge in [0.2, 0.25) is 0 Å². The number of methoxy groups -OCH3 is 1. The Morgan fingerprint density at radius 3 is 2.29 bits per heavy atom. The molecule has 2 aliphatic rings. The molecule has 1 aliphatic heterocycles. The molecule has 0 radical (unpaired) electrons. The molecule has 1 saturated heterocycles. The molecule has 0 aromatic carbocycles. The Bertz CT molecular complexity index is 406. The second-order valence-electron chi connectivity index (χ2n) is 8.64. The summed E-state index contributed by atoms with van der Waals surface area (Å²) >= 11 is 0. The molecule has 1 heterocycles. The smallest absolute Gasteiger partial charge is 0.192 e. The molecule has 2 unspecified atom stereocenters. The maximum absolute atomic E-state index is 11.0. The van der Waals surface area contributed by atoms with Gasteiger partial charge in [-0.1, -0.05) is 27.7 Å². The van der Waals surface area contributed by atoms with Gasteiger partial charge >= 0.3 is 0 Å². The Labute approximate surface area is 130 Å². The van der Waals surface area contributed by atoms with Crippen LogP contribution in [0.5, 0.6) is 0 Å². The summed E-state index contributed by atoms with van der Waals surface area (Å²) in [6, 6.07) is 0. The molecule has 0 amide bonds. The zero-order valence-electron chi connectivity index (χ0n) is 14.8. The Morgan fingerprint density at radius 1 is 1.24 bits per heavy atom. The maximum Gasteiger partial charge on any atom is 0.192 e. The van der Waals surface area contributed by atoms with Crippen molar-refractivity contribution in [3.8, 4) is 0 Å². The fraction of sp³-hybridized carbons (Fsp3) is 1.00. The van der Waals surface area contributed by atoms with Crippen LogP contribution in [0.3, 0.4) is 0 Å². The van der Waals surface area contributed by atoms with Crippen LogP contribution in [0.2, 0.25) is 18.1 Å². The number of aliphatic hydroxyl groups is 1. The lowest BCUT2D eigenvalue weighted by Crippen LogP contribution is -2.56. The lowest BCUT2D eigenvalue weighted by atomic mass is 9.92. The molecule has 1 aliphatic carbocycles. The van der Waals surface area contributed by atoms with Gasteiger partial charge in [0.15, 0.2) is 14.6 Å². The molecule has 2 fully saturated rings. The zero-order valence-corrected chi connectivity index (χ0v) is 15.8. The molecule has 5 atom stereocenters. The molecule has 1 saturated carbocycles. The van der Waals surface area contributed by atoms with E-state index in [9.17, 15) is 5.11 Å². The molecule has 1 N–H and O–H groups in total. The highest BCUT2D eigenvalue weighted by atomic mass is 28.4. The molecular weight excluding hydrogens is 284 g/mol. The second kappa shape index (κ2) is 5.03. The predicted octanol–water partition coefficient (Wildman–Crippen LogP) is 3.30. The molecule has 0 spiro atoms. The second-order valence-corrected chi connectivity index (χ2v) is 13.4.